The maximum atomic E-state index is 11.9. The minimum absolute atomic E-state index is 0.0360. The molecule has 1 heterocycles. The molecule has 1 aliphatic heterocycles. The molecule has 23 heavy (non-hydrogen) atoms. The molecule has 0 aromatic heterocycles. The molecule has 0 N–H and O–H groups in total. The van der Waals surface area contributed by atoms with Crippen LogP contribution >= 0.6 is 0 Å². The number of carbonyl (C=O) groups excluding carboxylic acids is 1. The Morgan fingerprint density at radius 2 is 1.83 bits per heavy atom. The molecule has 2 aromatic carbocycles. The molecular weight excluding hydrogens is 290 g/mol. The zero-order valence-electron chi connectivity index (χ0n) is 12.4. The Balaban J connectivity index is 1.48. The number of benzene rings is 2. The van der Waals surface area contributed by atoms with Gasteiger partial charge in [-0.25, -0.2) is 4.79 Å². The lowest BCUT2D eigenvalue weighted by Crippen LogP contribution is -2.23. The third-order valence-electron chi connectivity index (χ3n) is 3.33. The van der Waals surface area contributed by atoms with E-state index in [1.165, 1.54) is 0 Å². The average Bonchev–Trinajstić information content (AvgIpc) is 3.10. The van der Waals surface area contributed by atoms with Crippen LogP contribution in [0.3, 0.4) is 0 Å². The Morgan fingerprint density at radius 1 is 1.13 bits per heavy atom. The van der Waals surface area contributed by atoms with Gasteiger partial charge in [-0.2, -0.15) is 0 Å². The predicted molar refractivity (Wildman–Crippen MR) is 86.7 cm³/mol. The second kappa shape index (κ2) is 7.28. The van der Waals surface area contributed by atoms with Crippen LogP contribution in [0, 0.1) is 11.8 Å². The fraction of sp³-hybridized carbons (Fsp3) is 0.158. The minimum Gasteiger partial charge on any atom is -0.450 e. The number of hydrogen-bond acceptors (Lipinski definition) is 4. The van der Waals surface area contributed by atoms with Gasteiger partial charge in [0.2, 0.25) is 6.10 Å². The van der Waals surface area contributed by atoms with E-state index in [2.05, 4.69) is 17.0 Å². The Bertz CT molecular complexity index is 757. The zero-order valence-corrected chi connectivity index (χ0v) is 12.4. The van der Waals surface area contributed by atoms with E-state index in [4.69, 9.17) is 9.57 Å². The van der Waals surface area contributed by atoms with E-state index in [0.29, 0.717) is 6.42 Å². The van der Waals surface area contributed by atoms with Crippen LogP contribution in [0.25, 0.3) is 0 Å². The first-order valence-electron chi connectivity index (χ1n) is 7.31. The van der Waals surface area contributed by atoms with E-state index in [0.717, 1.165) is 16.8 Å². The van der Waals surface area contributed by atoms with Crippen molar-refractivity contribution in [2.45, 2.75) is 12.5 Å². The van der Waals surface area contributed by atoms with E-state index in [9.17, 15) is 4.79 Å². The van der Waals surface area contributed by atoms with Crippen molar-refractivity contribution in [1.29, 1.82) is 0 Å². The molecule has 0 spiro atoms. The average molecular weight is 305 g/mol. The van der Waals surface area contributed by atoms with Crippen molar-refractivity contribution in [2.75, 3.05) is 6.61 Å². The van der Waals surface area contributed by atoms with Crippen molar-refractivity contribution in [3.63, 3.8) is 0 Å². The van der Waals surface area contributed by atoms with E-state index in [1.54, 1.807) is 0 Å². The van der Waals surface area contributed by atoms with Gasteiger partial charge in [0.05, 0.1) is 5.71 Å². The van der Waals surface area contributed by atoms with Gasteiger partial charge in [0.25, 0.3) is 0 Å². The third kappa shape index (κ3) is 3.98. The molecule has 0 aliphatic carbocycles. The van der Waals surface area contributed by atoms with Crippen molar-refractivity contribution in [2.24, 2.45) is 5.16 Å². The second-order valence-corrected chi connectivity index (χ2v) is 4.98. The molecule has 1 aliphatic rings. The molecule has 0 amide bonds. The van der Waals surface area contributed by atoms with Gasteiger partial charge < -0.3 is 9.57 Å². The summed E-state index contributed by atoms with van der Waals surface area (Å²) in [6, 6.07) is 19.2. The fourth-order valence-corrected chi connectivity index (χ4v) is 2.16. The topological polar surface area (TPSA) is 47.9 Å². The summed E-state index contributed by atoms with van der Waals surface area (Å²) in [5.74, 6) is 5.30. The van der Waals surface area contributed by atoms with E-state index in [-0.39, 0.29) is 6.61 Å². The summed E-state index contributed by atoms with van der Waals surface area (Å²) in [6.07, 6.45) is -0.279. The highest BCUT2D eigenvalue weighted by Crippen LogP contribution is 2.17. The molecule has 1 unspecified atom stereocenters. The first-order valence-corrected chi connectivity index (χ1v) is 7.31. The monoisotopic (exact) mass is 305 g/mol. The molecule has 0 fully saturated rings. The summed E-state index contributed by atoms with van der Waals surface area (Å²) in [7, 11) is 0. The van der Waals surface area contributed by atoms with Crippen molar-refractivity contribution < 1.29 is 14.4 Å². The van der Waals surface area contributed by atoms with Crippen molar-refractivity contribution in [3.8, 4) is 11.8 Å². The van der Waals surface area contributed by atoms with Gasteiger partial charge >= 0.3 is 5.97 Å². The van der Waals surface area contributed by atoms with Crippen LogP contribution in [0.1, 0.15) is 17.5 Å². The first-order chi connectivity index (χ1) is 11.3. The molecule has 0 bridgehead atoms. The predicted octanol–water partition coefficient (Wildman–Crippen LogP) is 2.77. The quantitative estimate of drug-likeness (QED) is 0.647. The minimum atomic E-state index is -0.691. The number of ether oxygens (including phenoxy) is 1. The molecule has 0 saturated heterocycles. The van der Waals surface area contributed by atoms with E-state index in [1.807, 2.05) is 60.7 Å². The maximum Gasteiger partial charge on any atom is 0.351 e. The van der Waals surface area contributed by atoms with Crippen LogP contribution < -0.4 is 0 Å². The van der Waals surface area contributed by atoms with Gasteiger partial charge in [0, 0.05) is 12.0 Å². The molecule has 0 radical (unpaired) electrons. The van der Waals surface area contributed by atoms with Crippen molar-refractivity contribution >= 4 is 11.7 Å². The van der Waals surface area contributed by atoms with Gasteiger partial charge in [-0.05, 0) is 17.7 Å². The van der Waals surface area contributed by atoms with Crippen LogP contribution in [-0.2, 0) is 14.4 Å². The molecule has 114 valence electrons. The molecule has 4 heteroatoms. The second-order valence-electron chi connectivity index (χ2n) is 4.98. The highest BCUT2D eigenvalue weighted by Gasteiger charge is 2.29. The summed E-state index contributed by atoms with van der Waals surface area (Å²) in [5, 5.41) is 3.96. The van der Waals surface area contributed by atoms with E-state index >= 15 is 0 Å². The summed E-state index contributed by atoms with van der Waals surface area (Å²) < 4.78 is 5.12. The highest BCUT2D eigenvalue weighted by atomic mass is 16.7. The van der Waals surface area contributed by atoms with Gasteiger partial charge in [-0.15, -0.1) is 0 Å². The number of oxime groups is 1. The first kappa shape index (κ1) is 14.9. The summed E-state index contributed by atoms with van der Waals surface area (Å²) in [6.45, 7) is 0.0360. The summed E-state index contributed by atoms with van der Waals surface area (Å²) in [5.41, 5.74) is 2.59. The van der Waals surface area contributed by atoms with Gasteiger partial charge in [-0.1, -0.05) is 65.5 Å². The number of hydrogen-bond donors (Lipinski definition) is 0. The Hall–Kier alpha value is -3.06. The van der Waals surface area contributed by atoms with Crippen LogP contribution in [0.15, 0.2) is 65.8 Å². The highest BCUT2D eigenvalue weighted by molar-refractivity contribution is 6.03. The molecule has 2 aromatic rings. The SMILES string of the molecule is O=C(OCC#Cc1ccccc1)C1CC(c2ccccc2)=NO1. The molecular formula is C19H15NO3. The fourth-order valence-electron chi connectivity index (χ4n) is 2.16. The maximum absolute atomic E-state index is 11.9. The molecule has 4 nitrogen and oxygen atoms in total. The lowest BCUT2D eigenvalue weighted by atomic mass is 10.1. The van der Waals surface area contributed by atoms with Crippen molar-refractivity contribution in [3.05, 3.63) is 71.8 Å². The number of carbonyl (C=O) groups is 1. The number of rotatable bonds is 3. The Kier molecular flexibility index (Phi) is 4.70. The Morgan fingerprint density at radius 3 is 2.57 bits per heavy atom. The molecule has 3 rings (SSSR count). The Labute approximate surface area is 134 Å². The van der Waals surface area contributed by atoms with E-state index < -0.39 is 12.1 Å². The van der Waals surface area contributed by atoms with Crippen LogP contribution in [0.2, 0.25) is 0 Å². The largest absolute Gasteiger partial charge is 0.450 e. The lowest BCUT2D eigenvalue weighted by Gasteiger charge is -2.06. The van der Waals surface area contributed by atoms with Gasteiger partial charge in [0.1, 0.15) is 0 Å². The van der Waals surface area contributed by atoms with Gasteiger partial charge in [0.15, 0.2) is 6.61 Å². The zero-order chi connectivity index (χ0) is 15.9. The summed E-state index contributed by atoms with van der Waals surface area (Å²) >= 11 is 0. The molecule has 1 atom stereocenters. The standard InChI is InChI=1S/C19H15NO3/c21-19(22-13-7-10-15-8-3-1-4-9-15)18-14-17(20-23-18)16-11-5-2-6-12-16/h1-6,8-9,11-12,18H,13-14H2. The lowest BCUT2D eigenvalue weighted by molar-refractivity contribution is -0.153. The number of nitrogens with zero attached hydrogens (tertiary/aromatic N) is 1. The summed E-state index contributed by atoms with van der Waals surface area (Å²) in [4.78, 5) is 17.1. The van der Waals surface area contributed by atoms with Crippen LogP contribution in [0.5, 0.6) is 0 Å². The van der Waals surface area contributed by atoms with Gasteiger partial charge in [-0.3, -0.25) is 0 Å². The van der Waals surface area contributed by atoms with Crippen LogP contribution in [-0.4, -0.2) is 24.4 Å². The molecule has 0 saturated carbocycles. The third-order valence-corrected chi connectivity index (χ3v) is 3.33. The normalized spacial score (nSPS) is 15.8. The van der Waals surface area contributed by atoms with Crippen LogP contribution in [0.4, 0.5) is 0 Å². The smallest absolute Gasteiger partial charge is 0.351 e. The number of esters is 1. The van der Waals surface area contributed by atoms with Crippen molar-refractivity contribution in [1.82, 2.24) is 0 Å².